The quantitative estimate of drug-likeness (QED) is 0.768. The Labute approximate surface area is 156 Å². The van der Waals surface area contributed by atoms with Gasteiger partial charge in [0.2, 0.25) is 11.8 Å². The van der Waals surface area contributed by atoms with Gasteiger partial charge in [0, 0.05) is 25.0 Å². The Bertz CT molecular complexity index is 889. The lowest BCUT2D eigenvalue weighted by molar-refractivity contribution is -0.129. The first kappa shape index (κ1) is 17.0. The Balaban J connectivity index is 1.46. The number of hydrogen-bond acceptors (Lipinski definition) is 5. The van der Waals surface area contributed by atoms with Crippen LogP contribution in [0.15, 0.2) is 52.3 Å². The number of hydrogen-bond donors (Lipinski definition) is 1. The maximum Gasteiger partial charge on any atom is 0.236 e. The van der Waals surface area contributed by atoms with Gasteiger partial charge >= 0.3 is 0 Å². The number of aromatic nitrogens is 1. The number of amides is 1. The summed E-state index contributed by atoms with van der Waals surface area (Å²) in [6.45, 7) is 3.08. The topological polar surface area (TPSA) is 72.4 Å². The Kier molecular flexibility index (Phi) is 4.61. The van der Waals surface area contributed by atoms with Gasteiger partial charge in [0.15, 0.2) is 0 Å². The number of benzene rings is 1. The van der Waals surface area contributed by atoms with E-state index < -0.39 is 0 Å². The fourth-order valence-electron chi connectivity index (χ4n) is 3.44. The third-order valence-electron chi connectivity index (χ3n) is 4.89. The molecule has 0 unspecified atom stereocenters. The third kappa shape index (κ3) is 3.30. The lowest BCUT2D eigenvalue weighted by atomic mass is 9.95. The Hall–Kier alpha value is -2.44. The van der Waals surface area contributed by atoms with Crippen LogP contribution in [0, 0.1) is 6.92 Å². The van der Waals surface area contributed by atoms with E-state index in [4.69, 9.17) is 10.2 Å². The molecule has 26 heavy (non-hydrogen) atoms. The smallest absolute Gasteiger partial charge is 0.236 e. The van der Waals surface area contributed by atoms with E-state index in [9.17, 15) is 4.79 Å². The van der Waals surface area contributed by atoms with E-state index in [0.717, 1.165) is 4.88 Å². The van der Waals surface area contributed by atoms with Crippen LogP contribution in [0.25, 0.3) is 10.8 Å². The highest BCUT2D eigenvalue weighted by Crippen LogP contribution is 2.28. The molecule has 1 aromatic carbocycles. The second-order valence-electron chi connectivity index (χ2n) is 6.66. The fraction of sp³-hybridized carbons (Fsp3) is 0.300. The van der Waals surface area contributed by atoms with Gasteiger partial charge in [-0.3, -0.25) is 4.79 Å². The van der Waals surface area contributed by atoms with Crippen LogP contribution in [-0.4, -0.2) is 34.9 Å². The van der Waals surface area contributed by atoms with Gasteiger partial charge in [-0.25, -0.2) is 4.98 Å². The minimum atomic E-state index is -0.0403. The van der Waals surface area contributed by atoms with Crippen molar-refractivity contribution >= 4 is 17.2 Å². The minimum absolute atomic E-state index is 0.0403. The molecule has 3 heterocycles. The standard InChI is InChI=1S/C20H21N3O2S/c1-13-17(22-20(25-13)18-8-5-9-26-18)10-19(24)23-11-15(16(21)12-23)14-6-3-2-4-7-14/h2-9,15-16H,10-12,21H2,1H3/t15-,16+/m0/s1. The lowest BCUT2D eigenvalue weighted by Gasteiger charge is -2.16. The van der Waals surface area contributed by atoms with Crippen molar-refractivity contribution in [2.24, 2.45) is 5.73 Å². The number of nitrogens with two attached hydrogens (primary N) is 1. The maximum absolute atomic E-state index is 12.8. The van der Waals surface area contributed by atoms with E-state index in [0.29, 0.717) is 30.4 Å². The zero-order valence-electron chi connectivity index (χ0n) is 14.6. The molecule has 2 atom stereocenters. The van der Waals surface area contributed by atoms with Crippen molar-refractivity contribution < 1.29 is 9.21 Å². The van der Waals surface area contributed by atoms with Crippen molar-refractivity contribution in [2.45, 2.75) is 25.3 Å². The summed E-state index contributed by atoms with van der Waals surface area (Å²) in [5.41, 5.74) is 8.20. The number of oxazole rings is 1. The summed E-state index contributed by atoms with van der Waals surface area (Å²) in [6, 6.07) is 14.0. The molecule has 0 saturated carbocycles. The number of rotatable bonds is 4. The summed E-state index contributed by atoms with van der Waals surface area (Å²) in [7, 11) is 0. The van der Waals surface area contributed by atoms with Gasteiger partial charge in [0.1, 0.15) is 5.76 Å². The Morgan fingerprint density at radius 1 is 1.27 bits per heavy atom. The molecule has 5 nitrogen and oxygen atoms in total. The monoisotopic (exact) mass is 367 g/mol. The predicted molar refractivity (Wildman–Crippen MR) is 102 cm³/mol. The SMILES string of the molecule is Cc1oc(-c2cccs2)nc1CC(=O)N1C[C@@H](N)[C@H](c2ccccc2)C1. The number of likely N-dealkylation sites (tertiary alicyclic amines) is 1. The molecule has 1 fully saturated rings. The second-order valence-corrected chi connectivity index (χ2v) is 7.60. The van der Waals surface area contributed by atoms with Crippen LogP contribution in [-0.2, 0) is 11.2 Å². The molecule has 3 aromatic rings. The molecule has 4 rings (SSSR count). The number of nitrogens with zero attached hydrogens (tertiary/aromatic N) is 2. The van der Waals surface area contributed by atoms with Crippen LogP contribution in [0.2, 0.25) is 0 Å². The predicted octanol–water partition coefficient (Wildman–Crippen LogP) is 3.21. The van der Waals surface area contributed by atoms with Crippen molar-refractivity contribution in [3.63, 3.8) is 0 Å². The van der Waals surface area contributed by atoms with Crippen molar-refractivity contribution in [3.05, 3.63) is 64.9 Å². The third-order valence-corrected chi connectivity index (χ3v) is 5.75. The average molecular weight is 367 g/mol. The molecule has 2 aromatic heterocycles. The van der Waals surface area contributed by atoms with Gasteiger partial charge in [0.25, 0.3) is 0 Å². The summed E-state index contributed by atoms with van der Waals surface area (Å²) >= 11 is 1.57. The summed E-state index contributed by atoms with van der Waals surface area (Å²) in [5, 5.41) is 1.98. The highest BCUT2D eigenvalue weighted by atomic mass is 32.1. The Morgan fingerprint density at radius 2 is 2.08 bits per heavy atom. The maximum atomic E-state index is 12.8. The van der Waals surface area contributed by atoms with Crippen LogP contribution >= 0.6 is 11.3 Å². The molecular weight excluding hydrogens is 346 g/mol. The van der Waals surface area contributed by atoms with Crippen molar-refractivity contribution in [3.8, 4) is 10.8 Å². The van der Waals surface area contributed by atoms with E-state index in [-0.39, 0.29) is 24.3 Å². The summed E-state index contributed by atoms with van der Waals surface area (Å²) in [5.74, 6) is 1.51. The molecule has 0 bridgehead atoms. The molecule has 134 valence electrons. The van der Waals surface area contributed by atoms with Gasteiger partial charge in [-0.15, -0.1) is 11.3 Å². The number of thiophene rings is 1. The second kappa shape index (κ2) is 7.05. The molecule has 1 aliphatic rings. The normalized spacial score (nSPS) is 19.8. The largest absolute Gasteiger partial charge is 0.440 e. The average Bonchev–Trinajstić information content (AvgIpc) is 3.36. The van der Waals surface area contributed by atoms with E-state index in [1.807, 2.05) is 47.5 Å². The minimum Gasteiger partial charge on any atom is -0.440 e. The van der Waals surface area contributed by atoms with Crippen LogP contribution in [0.5, 0.6) is 0 Å². The first-order valence-corrected chi connectivity index (χ1v) is 9.58. The van der Waals surface area contributed by atoms with E-state index in [1.165, 1.54) is 5.56 Å². The van der Waals surface area contributed by atoms with Crippen LogP contribution < -0.4 is 5.73 Å². The van der Waals surface area contributed by atoms with E-state index in [2.05, 4.69) is 17.1 Å². The highest BCUT2D eigenvalue weighted by molar-refractivity contribution is 7.13. The first-order valence-electron chi connectivity index (χ1n) is 8.70. The van der Waals surface area contributed by atoms with Gasteiger partial charge in [-0.1, -0.05) is 36.4 Å². The van der Waals surface area contributed by atoms with Crippen molar-refractivity contribution in [2.75, 3.05) is 13.1 Å². The highest BCUT2D eigenvalue weighted by Gasteiger charge is 2.34. The molecule has 1 aliphatic heterocycles. The van der Waals surface area contributed by atoms with Gasteiger partial charge in [-0.05, 0) is 23.9 Å². The molecule has 0 radical (unpaired) electrons. The van der Waals surface area contributed by atoms with Gasteiger partial charge in [0.05, 0.1) is 17.0 Å². The van der Waals surface area contributed by atoms with Crippen molar-refractivity contribution in [1.29, 1.82) is 0 Å². The molecule has 2 N–H and O–H groups in total. The van der Waals surface area contributed by atoms with Crippen LogP contribution in [0.4, 0.5) is 0 Å². The van der Waals surface area contributed by atoms with E-state index in [1.54, 1.807) is 11.3 Å². The molecule has 6 heteroatoms. The molecule has 1 amide bonds. The van der Waals surface area contributed by atoms with Crippen molar-refractivity contribution in [1.82, 2.24) is 9.88 Å². The zero-order chi connectivity index (χ0) is 18.1. The van der Waals surface area contributed by atoms with Crippen LogP contribution in [0.1, 0.15) is 22.9 Å². The number of carbonyl (C=O) groups excluding carboxylic acids is 1. The molecule has 0 spiro atoms. The summed E-state index contributed by atoms with van der Waals surface area (Å²) in [4.78, 5) is 20.1. The lowest BCUT2D eigenvalue weighted by Crippen LogP contribution is -2.33. The number of aryl methyl sites for hydroxylation is 1. The zero-order valence-corrected chi connectivity index (χ0v) is 15.4. The van der Waals surface area contributed by atoms with E-state index >= 15 is 0 Å². The molecular formula is C20H21N3O2S. The summed E-state index contributed by atoms with van der Waals surface area (Å²) in [6.07, 6.45) is 0.245. The number of carbonyl (C=O) groups is 1. The van der Waals surface area contributed by atoms with Gasteiger partial charge in [-0.2, -0.15) is 0 Å². The van der Waals surface area contributed by atoms with Gasteiger partial charge < -0.3 is 15.1 Å². The molecule has 1 saturated heterocycles. The van der Waals surface area contributed by atoms with Crippen LogP contribution in [0.3, 0.4) is 0 Å². The summed E-state index contributed by atoms with van der Waals surface area (Å²) < 4.78 is 5.74. The fourth-order valence-corrected chi connectivity index (χ4v) is 4.09. The first-order chi connectivity index (χ1) is 12.6. The molecule has 0 aliphatic carbocycles. The Morgan fingerprint density at radius 3 is 2.81 bits per heavy atom.